The van der Waals surface area contributed by atoms with Crippen LogP contribution in [0, 0.1) is 0 Å². The zero-order valence-electron chi connectivity index (χ0n) is 22.7. The van der Waals surface area contributed by atoms with Crippen molar-refractivity contribution in [1.82, 2.24) is 0 Å². The number of para-hydroxylation sites is 2. The fourth-order valence-electron chi connectivity index (χ4n) is 6.70. The smallest absolute Gasteiger partial charge is 0.264 e. The van der Waals surface area contributed by atoms with Gasteiger partial charge in [-0.1, -0.05) is 91.0 Å². The van der Waals surface area contributed by atoms with E-state index < -0.39 is 0 Å². The predicted molar refractivity (Wildman–Crippen MR) is 179 cm³/mol. The summed E-state index contributed by atoms with van der Waals surface area (Å²) in [6.07, 6.45) is 0. The van der Waals surface area contributed by atoms with Crippen LogP contribution in [0.1, 0.15) is 0 Å². The van der Waals surface area contributed by atoms with Crippen LogP contribution in [0.25, 0.3) is 32.3 Å². The molecule has 0 aliphatic carbocycles. The highest BCUT2D eigenvalue weighted by atomic mass is 32.1. The number of nitrogens with zero attached hydrogens (tertiary/aromatic N) is 1. The lowest BCUT2D eigenvalue weighted by molar-refractivity contribution is 0.488. The molecule has 0 amide bonds. The van der Waals surface area contributed by atoms with Crippen molar-refractivity contribution in [2.24, 2.45) is 0 Å². The Morgan fingerprint density at radius 1 is 0.548 bits per heavy atom. The maximum atomic E-state index is 6.88. The van der Waals surface area contributed by atoms with Gasteiger partial charge in [-0.15, -0.1) is 11.3 Å². The molecule has 2 nitrogen and oxygen atoms in total. The van der Waals surface area contributed by atoms with E-state index >= 15 is 0 Å². The highest BCUT2D eigenvalue weighted by molar-refractivity contribution is 7.34. The molecule has 7 aromatic rings. The zero-order chi connectivity index (χ0) is 27.6. The number of fused-ring (bicyclic) bond motifs is 7. The van der Waals surface area contributed by atoms with Gasteiger partial charge in [0.2, 0.25) is 0 Å². The average Bonchev–Trinajstić information content (AvgIpc) is 3.59. The molecule has 6 aromatic carbocycles. The van der Waals surface area contributed by atoms with E-state index in [9.17, 15) is 0 Å². The molecule has 0 spiro atoms. The Bertz CT molecular complexity index is 2080. The molecule has 0 saturated heterocycles. The van der Waals surface area contributed by atoms with Gasteiger partial charge in [0.05, 0.1) is 0 Å². The molecule has 0 bridgehead atoms. The van der Waals surface area contributed by atoms with Gasteiger partial charge in [-0.05, 0) is 91.9 Å². The minimum atomic E-state index is 0.159. The lowest BCUT2D eigenvalue weighted by atomic mass is 9.40. The summed E-state index contributed by atoms with van der Waals surface area (Å²) in [6, 6.07) is 51.9. The molecule has 0 atom stereocenters. The Balaban J connectivity index is 1.27. The van der Waals surface area contributed by atoms with Crippen molar-refractivity contribution in [1.29, 1.82) is 0 Å². The van der Waals surface area contributed by atoms with Gasteiger partial charge >= 0.3 is 0 Å². The summed E-state index contributed by atoms with van der Waals surface area (Å²) in [6.45, 7) is 0.159. The first-order valence-corrected chi connectivity index (χ1v) is 15.1. The van der Waals surface area contributed by atoms with Gasteiger partial charge in [-0.25, -0.2) is 0 Å². The molecule has 9 rings (SSSR count). The molecular formula is C38H24BNOS. The molecule has 2 aliphatic heterocycles. The van der Waals surface area contributed by atoms with Crippen LogP contribution < -0.4 is 25.3 Å². The summed E-state index contributed by atoms with van der Waals surface area (Å²) >= 11 is 1.92. The van der Waals surface area contributed by atoms with E-state index in [1.54, 1.807) is 0 Å². The molecule has 0 radical (unpaired) electrons. The van der Waals surface area contributed by atoms with Crippen molar-refractivity contribution in [2.45, 2.75) is 0 Å². The summed E-state index contributed by atoms with van der Waals surface area (Å²) in [5.41, 5.74) is 10.9. The Hall–Kier alpha value is -5.06. The minimum absolute atomic E-state index is 0.159. The number of rotatable bonds is 4. The summed E-state index contributed by atoms with van der Waals surface area (Å²) in [5.74, 6) is 1.88. The van der Waals surface area contributed by atoms with Crippen LogP contribution in [0.4, 0.5) is 17.1 Å². The number of ether oxygens (including phenoxy) is 1. The molecule has 0 N–H and O–H groups in total. The van der Waals surface area contributed by atoms with E-state index in [1.165, 1.54) is 48.0 Å². The van der Waals surface area contributed by atoms with Crippen LogP contribution in [0.2, 0.25) is 0 Å². The van der Waals surface area contributed by atoms with Crippen LogP contribution in [0.3, 0.4) is 0 Å². The maximum Gasteiger partial charge on any atom is 0.264 e. The van der Waals surface area contributed by atoms with Crippen LogP contribution in [0.15, 0.2) is 146 Å². The standard InChI is InChI=1S/C38H24BNOS/c1-4-12-25(13-5-1)26-22-31-36-30-18-10-11-19-35(30)42-38(36)39-32-21-20-29(24-33(32)41-34(23-26)37(31)39)40(27-14-6-2-7-15-27)28-16-8-3-9-17-28/h1-24H. The first-order valence-electron chi connectivity index (χ1n) is 14.3. The van der Waals surface area contributed by atoms with Crippen LogP contribution >= 0.6 is 11.3 Å². The third kappa shape index (κ3) is 3.52. The van der Waals surface area contributed by atoms with E-state index in [4.69, 9.17) is 4.74 Å². The van der Waals surface area contributed by atoms with Crippen LogP contribution in [-0.4, -0.2) is 6.71 Å². The minimum Gasteiger partial charge on any atom is -0.458 e. The lowest BCUT2D eigenvalue weighted by Gasteiger charge is -2.29. The van der Waals surface area contributed by atoms with Crippen LogP contribution in [-0.2, 0) is 0 Å². The molecule has 2 aliphatic rings. The summed E-state index contributed by atoms with van der Waals surface area (Å²) in [5, 5.41) is 1.33. The Morgan fingerprint density at radius 3 is 1.95 bits per heavy atom. The summed E-state index contributed by atoms with van der Waals surface area (Å²) in [4.78, 5) is 2.30. The third-order valence-electron chi connectivity index (χ3n) is 8.51. The Labute approximate surface area is 249 Å². The third-order valence-corrected chi connectivity index (χ3v) is 9.74. The largest absolute Gasteiger partial charge is 0.458 e. The van der Waals surface area contributed by atoms with Crippen molar-refractivity contribution in [3.8, 4) is 33.8 Å². The van der Waals surface area contributed by atoms with Gasteiger partial charge < -0.3 is 9.64 Å². The molecule has 1 aromatic heterocycles. The normalized spacial score (nSPS) is 12.4. The van der Waals surface area contributed by atoms with Gasteiger partial charge in [-0.3, -0.25) is 0 Å². The van der Waals surface area contributed by atoms with Gasteiger partial charge in [0.1, 0.15) is 11.5 Å². The maximum absolute atomic E-state index is 6.88. The van der Waals surface area contributed by atoms with Crippen molar-refractivity contribution in [3.63, 3.8) is 0 Å². The van der Waals surface area contributed by atoms with Gasteiger partial charge in [0.25, 0.3) is 6.71 Å². The SMILES string of the molecule is c1ccc(-c2cc3c4c(c2)-c2c(sc5ccccc25)B4c2ccc(N(c4ccccc4)c4ccccc4)cc2O3)cc1. The number of anilines is 3. The first-order chi connectivity index (χ1) is 20.8. The van der Waals surface area contributed by atoms with Gasteiger partial charge in [-0.2, -0.15) is 0 Å². The van der Waals surface area contributed by atoms with E-state index in [1.807, 2.05) is 11.3 Å². The monoisotopic (exact) mass is 553 g/mol. The Morgan fingerprint density at radius 2 is 1.21 bits per heavy atom. The fraction of sp³-hybridized carbons (Fsp3) is 0. The van der Waals surface area contributed by atoms with Gasteiger partial charge in [0.15, 0.2) is 0 Å². The number of hydrogen-bond donors (Lipinski definition) is 0. The average molecular weight is 553 g/mol. The highest BCUT2D eigenvalue weighted by Crippen LogP contribution is 2.44. The second-order valence-electron chi connectivity index (χ2n) is 10.9. The predicted octanol–water partition coefficient (Wildman–Crippen LogP) is 8.64. The first kappa shape index (κ1) is 23.6. The molecule has 0 unspecified atom stereocenters. The topological polar surface area (TPSA) is 12.5 Å². The van der Waals surface area contributed by atoms with Crippen molar-refractivity contribution in [3.05, 3.63) is 146 Å². The van der Waals surface area contributed by atoms with Crippen molar-refractivity contribution < 1.29 is 4.74 Å². The zero-order valence-corrected chi connectivity index (χ0v) is 23.5. The van der Waals surface area contributed by atoms with E-state index in [-0.39, 0.29) is 6.71 Å². The Kier molecular flexibility index (Phi) is 5.20. The van der Waals surface area contributed by atoms with Crippen LogP contribution in [0.5, 0.6) is 11.5 Å². The highest BCUT2D eigenvalue weighted by Gasteiger charge is 2.43. The van der Waals surface area contributed by atoms with E-state index in [2.05, 4.69) is 150 Å². The quantitative estimate of drug-likeness (QED) is 0.202. The second-order valence-corrected chi connectivity index (χ2v) is 12.0. The van der Waals surface area contributed by atoms with E-state index in [0.717, 1.165) is 28.6 Å². The lowest BCUT2D eigenvalue weighted by Crippen LogP contribution is -2.51. The number of thiophene rings is 1. The molecule has 4 heteroatoms. The number of hydrogen-bond acceptors (Lipinski definition) is 3. The second kappa shape index (κ2) is 9.23. The fourth-order valence-corrected chi connectivity index (χ4v) is 8.04. The van der Waals surface area contributed by atoms with Gasteiger partial charge in [0, 0.05) is 27.8 Å². The molecule has 0 saturated carbocycles. The molecular weight excluding hydrogens is 529 g/mol. The van der Waals surface area contributed by atoms with Crippen molar-refractivity contribution >= 4 is 60.9 Å². The summed E-state index contributed by atoms with van der Waals surface area (Å²) in [7, 11) is 0. The molecule has 196 valence electrons. The molecule has 0 fully saturated rings. The molecule has 42 heavy (non-hydrogen) atoms. The number of benzene rings is 6. The van der Waals surface area contributed by atoms with Crippen molar-refractivity contribution in [2.75, 3.05) is 4.90 Å². The van der Waals surface area contributed by atoms with E-state index in [0.29, 0.717) is 0 Å². The summed E-state index contributed by atoms with van der Waals surface area (Å²) < 4.78 is 9.64. The molecule has 3 heterocycles.